The summed E-state index contributed by atoms with van der Waals surface area (Å²) >= 11 is 0. The molecular weight excluding hydrogens is 420 g/mol. The second kappa shape index (κ2) is 9.85. The minimum atomic E-state index is -0.552. The molecule has 8 heteroatoms. The smallest absolute Gasteiger partial charge is 0.325 e. The molecule has 0 unspecified atom stereocenters. The molecule has 2 saturated heterocycles. The van der Waals surface area contributed by atoms with Gasteiger partial charge in [0.25, 0.3) is 5.91 Å². The standard InChI is InChI=1S/C25H28N4O4/c1-2-27-11-12-28(23(31)17-29-22(30)15-26-25(29)33)16-21(24(27)32)14-18-7-6-10-20(13-18)19-8-4-3-5-9-19/h3-10,13,21H,2,11-12,14-17H2,1H3,(H,26,33)/t21-/m0/s1. The monoisotopic (exact) mass is 448 g/mol. The summed E-state index contributed by atoms with van der Waals surface area (Å²) in [5, 5.41) is 2.43. The van der Waals surface area contributed by atoms with E-state index in [0.29, 0.717) is 26.1 Å². The van der Waals surface area contributed by atoms with Crippen molar-refractivity contribution in [2.45, 2.75) is 13.3 Å². The van der Waals surface area contributed by atoms with E-state index < -0.39 is 17.9 Å². The van der Waals surface area contributed by atoms with Gasteiger partial charge in [-0.3, -0.25) is 19.3 Å². The summed E-state index contributed by atoms with van der Waals surface area (Å²) < 4.78 is 0. The third-order valence-corrected chi connectivity index (χ3v) is 6.22. The first kappa shape index (κ1) is 22.5. The molecule has 8 nitrogen and oxygen atoms in total. The summed E-state index contributed by atoms with van der Waals surface area (Å²) in [6.07, 6.45) is 0.503. The zero-order chi connectivity index (χ0) is 23.4. The number of carbonyl (C=O) groups is 4. The third kappa shape index (κ3) is 5.05. The Morgan fingerprint density at radius 2 is 1.76 bits per heavy atom. The molecule has 0 aromatic heterocycles. The van der Waals surface area contributed by atoms with Gasteiger partial charge in [0.1, 0.15) is 6.54 Å². The Bertz CT molecular complexity index is 1040. The Kier molecular flexibility index (Phi) is 6.72. The first-order valence-electron chi connectivity index (χ1n) is 11.3. The summed E-state index contributed by atoms with van der Waals surface area (Å²) in [6.45, 7) is 3.16. The van der Waals surface area contributed by atoms with Crippen molar-refractivity contribution in [2.24, 2.45) is 5.92 Å². The highest BCUT2D eigenvalue weighted by atomic mass is 16.2. The van der Waals surface area contributed by atoms with Crippen molar-refractivity contribution >= 4 is 23.8 Å². The Balaban J connectivity index is 1.52. The molecule has 0 radical (unpaired) electrons. The molecule has 2 fully saturated rings. The van der Waals surface area contributed by atoms with E-state index in [1.54, 1.807) is 9.80 Å². The van der Waals surface area contributed by atoms with Crippen molar-refractivity contribution in [3.8, 4) is 11.1 Å². The molecule has 0 spiro atoms. The zero-order valence-corrected chi connectivity index (χ0v) is 18.7. The lowest BCUT2D eigenvalue weighted by atomic mass is 9.94. The lowest BCUT2D eigenvalue weighted by Crippen LogP contribution is -2.45. The summed E-state index contributed by atoms with van der Waals surface area (Å²) in [5.74, 6) is -1.11. The number of benzene rings is 2. The molecule has 2 aliphatic heterocycles. The van der Waals surface area contributed by atoms with Gasteiger partial charge in [-0.05, 0) is 30.0 Å². The highest BCUT2D eigenvalue weighted by Gasteiger charge is 2.35. The van der Waals surface area contributed by atoms with E-state index in [2.05, 4.69) is 11.4 Å². The molecule has 2 aromatic carbocycles. The quantitative estimate of drug-likeness (QED) is 0.682. The summed E-state index contributed by atoms with van der Waals surface area (Å²) in [4.78, 5) is 54.2. The number of hydrogen-bond donors (Lipinski definition) is 1. The van der Waals surface area contributed by atoms with Crippen LogP contribution in [0.25, 0.3) is 11.1 Å². The molecule has 2 aromatic rings. The molecule has 1 atom stereocenters. The van der Waals surface area contributed by atoms with Crippen LogP contribution in [0.3, 0.4) is 0 Å². The van der Waals surface area contributed by atoms with Crippen LogP contribution in [0.5, 0.6) is 0 Å². The maximum Gasteiger partial charge on any atom is 0.325 e. The topological polar surface area (TPSA) is 90.0 Å². The van der Waals surface area contributed by atoms with Gasteiger partial charge < -0.3 is 15.1 Å². The van der Waals surface area contributed by atoms with Crippen LogP contribution < -0.4 is 5.32 Å². The van der Waals surface area contributed by atoms with Crippen LogP contribution in [0.1, 0.15) is 12.5 Å². The molecule has 0 saturated carbocycles. The van der Waals surface area contributed by atoms with E-state index in [-0.39, 0.29) is 31.4 Å². The fourth-order valence-corrected chi connectivity index (χ4v) is 4.38. The summed E-state index contributed by atoms with van der Waals surface area (Å²) in [5.41, 5.74) is 3.20. The largest absolute Gasteiger partial charge is 0.341 e. The summed E-state index contributed by atoms with van der Waals surface area (Å²) in [6, 6.07) is 17.6. The molecule has 2 aliphatic rings. The highest BCUT2D eigenvalue weighted by Crippen LogP contribution is 2.23. The maximum atomic E-state index is 13.2. The van der Waals surface area contributed by atoms with Crippen LogP contribution in [0, 0.1) is 5.92 Å². The van der Waals surface area contributed by atoms with Gasteiger partial charge in [-0.25, -0.2) is 4.79 Å². The lowest BCUT2D eigenvalue weighted by Gasteiger charge is -2.25. The zero-order valence-electron chi connectivity index (χ0n) is 18.7. The molecule has 4 rings (SSSR count). The molecule has 2 heterocycles. The van der Waals surface area contributed by atoms with E-state index in [0.717, 1.165) is 21.6 Å². The van der Waals surface area contributed by atoms with E-state index in [1.807, 2.05) is 55.5 Å². The van der Waals surface area contributed by atoms with Gasteiger partial charge in [0.05, 0.1) is 12.5 Å². The fourth-order valence-electron chi connectivity index (χ4n) is 4.38. The average Bonchev–Trinajstić information content (AvgIpc) is 3.05. The molecule has 5 amide bonds. The van der Waals surface area contributed by atoms with Crippen molar-refractivity contribution in [3.63, 3.8) is 0 Å². The van der Waals surface area contributed by atoms with Crippen molar-refractivity contribution < 1.29 is 19.2 Å². The number of rotatable bonds is 6. The number of hydrogen-bond acceptors (Lipinski definition) is 4. The number of nitrogens with one attached hydrogen (secondary N) is 1. The first-order valence-corrected chi connectivity index (χ1v) is 11.3. The average molecular weight is 449 g/mol. The van der Waals surface area contributed by atoms with Gasteiger partial charge >= 0.3 is 6.03 Å². The number of carbonyl (C=O) groups excluding carboxylic acids is 4. The van der Waals surface area contributed by atoms with Crippen LogP contribution >= 0.6 is 0 Å². The number of amides is 5. The van der Waals surface area contributed by atoms with Gasteiger partial charge in [0.15, 0.2) is 0 Å². The van der Waals surface area contributed by atoms with Crippen molar-refractivity contribution in [2.75, 3.05) is 39.3 Å². The molecule has 172 valence electrons. The van der Waals surface area contributed by atoms with Gasteiger partial charge in [-0.2, -0.15) is 0 Å². The molecular formula is C25H28N4O4. The van der Waals surface area contributed by atoms with Gasteiger partial charge in [-0.1, -0.05) is 54.6 Å². The number of urea groups is 1. The van der Waals surface area contributed by atoms with Crippen molar-refractivity contribution in [3.05, 3.63) is 60.2 Å². The molecule has 1 N–H and O–H groups in total. The predicted molar refractivity (Wildman–Crippen MR) is 123 cm³/mol. The maximum absolute atomic E-state index is 13.2. The van der Waals surface area contributed by atoms with Gasteiger partial charge in [0, 0.05) is 26.2 Å². The lowest BCUT2D eigenvalue weighted by molar-refractivity contribution is -0.137. The van der Waals surface area contributed by atoms with E-state index in [4.69, 9.17) is 0 Å². The van der Waals surface area contributed by atoms with Gasteiger partial charge in [-0.15, -0.1) is 0 Å². The summed E-state index contributed by atoms with van der Waals surface area (Å²) in [7, 11) is 0. The Labute approximate surface area is 193 Å². The second-order valence-electron chi connectivity index (χ2n) is 8.36. The first-order chi connectivity index (χ1) is 16.0. The van der Waals surface area contributed by atoms with Crippen LogP contribution in [0.15, 0.2) is 54.6 Å². The predicted octanol–water partition coefficient (Wildman–Crippen LogP) is 1.75. The molecule has 33 heavy (non-hydrogen) atoms. The Hall–Kier alpha value is -3.68. The SMILES string of the molecule is CCN1CCN(C(=O)CN2C(=O)CNC2=O)C[C@H](Cc2cccc(-c3ccccc3)c2)C1=O. The number of nitrogens with zero attached hydrogens (tertiary/aromatic N) is 3. The minimum absolute atomic E-state index is 0.0212. The van der Waals surface area contributed by atoms with Gasteiger partial charge in [0.2, 0.25) is 11.8 Å². The molecule has 0 bridgehead atoms. The van der Waals surface area contributed by atoms with E-state index in [9.17, 15) is 19.2 Å². The van der Waals surface area contributed by atoms with Crippen molar-refractivity contribution in [1.29, 1.82) is 0 Å². The van der Waals surface area contributed by atoms with E-state index >= 15 is 0 Å². The molecule has 0 aliphatic carbocycles. The Morgan fingerprint density at radius 3 is 2.45 bits per heavy atom. The number of imide groups is 1. The fraction of sp³-hybridized carbons (Fsp3) is 0.360. The van der Waals surface area contributed by atoms with Crippen LogP contribution in [0.2, 0.25) is 0 Å². The van der Waals surface area contributed by atoms with E-state index in [1.165, 1.54) is 0 Å². The Morgan fingerprint density at radius 1 is 1.00 bits per heavy atom. The van der Waals surface area contributed by atoms with Crippen molar-refractivity contribution in [1.82, 2.24) is 20.0 Å². The third-order valence-electron chi connectivity index (χ3n) is 6.22. The van der Waals surface area contributed by atoms with Crippen LogP contribution in [-0.4, -0.2) is 77.7 Å². The second-order valence-corrected chi connectivity index (χ2v) is 8.36. The minimum Gasteiger partial charge on any atom is -0.341 e. The highest BCUT2D eigenvalue weighted by molar-refractivity contribution is 6.04. The van der Waals surface area contributed by atoms with Crippen LogP contribution in [-0.2, 0) is 20.8 Å². The van der Waals surface area contributed by atoms with Crippen LogP contribution in [0.4, 0.5) is 4.79 Å². The normalized spacial score (nSPS) is 19.0. The number of likely N-dealkylation sites (N-methyl/N-ethyl adjacent to an activating group) is 1.